The number of carbonyl (C=O) groups is 1. The molecule has 3 aromatic rings. The quantitative estimate of drug-likeness (QED) is 0.380. The average Bonchev–Trinajstić information content (AvgIpc) is 2.84. The van der Waals surface area contributed by atoms with E-state index in [1.807, 2.05) is 0 Å². The van der Waals surface area contributed by atoms with Crippen molar-refractivity contribution in [3.63, 3.8) is 0 Å². The van der Waals surface area contributed by atoms with Crippen LogP contribution < -0.4 is 23.8 Å². The number of methoxy groups -OCH3 is 2. The number of halogens is 1. The monoisotopic (exact) mass is 567 g/mol. The van der Waals surface area contributed by atoms with Gasteiger partial charge in [-0.05, 0) is 61.0 Å². The third-order valence-corrected chi connectivity index (χ3v) is 8.23. The molecule has 0 atom stereocenters. The number of ether oxygens (including phenoxy) is 2. The maximum Gasteiger partial charge on any atom is 0.261 e. The lowest BCUT2D eigenvalue weighted by molar-refractivity contribution is -0.114. The Balaban J connectivity index is 1.75. The van der Waals surface area contributed by atoms with Crippen LogP contribution in [0.5, 0.6) is 11.5 Å². The van der Waals surface area contributed by atoms with Crippen LogP contribution >= 0.6 is 11.6 Å². The normalized spacial score (nSPS) is 11.5. The lowest BCUT2D eigenvalue weighted by Gasteiger charge is -2.23. The summed E-state index contributed by atoms with van der Waals surface area (Å²) in [4.78, 5) is 12.7. The molecule has 0 radical (unpaired) electrons. The molecular formula is C24H26ClN3O7S2. The second-order valence-corrected chi connectivity index (χ2v) is 11.9. The third kappa shape index (κ3) is 6.85. The minimum atomic E-state index is -3.92. The summed E-state index contributed by atoms with van der Waals surface area (Å²) in [6.45, 7) is 1.17. The Kier molecular flexibility index (Phi) is 8.57. The van der Waals surface area contributed by atoms with Crippen LogP contribution in [0, 0.1) is 6.92 Å². The van der Waals surface area contributed by atoms with Crippen molar-refractivity contribution in [1.82, 2.24) is 0 Å². The lowest BCUT2D eigenvalue weighted by Crippen LogP contribution is -2.37. The van der Waals surface area contributed by atoms with Crippen molar-refractivity contribution in [2.24, 2.45) is 0 Å². The fourth-order valence-electron chi connectivity index (χ4n) is 3.35. The number of anilines is 3. The number of hydrogen-bond donors (Lipinski definition) is 2. The fraction of sp³-hybridized carbons (Fsp3) is 0.208. The molecule has 0 bridgehead atoms. The number of carbonyl (C=O) groups excluding carboxylic acids is 1. The van der Waals surface area contributed by atoms with Gasteiger partial charge in [0.05, 0.1) is 36.7 Å². The van der Waals surface area contributed by atoms with E-state index in [0.717, 1.165) is 10.6 Å². The Bertz CT molecular complexity index is 1510. The molecule has 0 saturated heterocycles. The first-order chi connectivity index (χ1) is 17.4. The van der Waals surface area contributed by atoms with Crippen LogP contribution in [0.4, 0.5) is 17.1 Å². The fourth-order valence-corrected chi connectivity index (χ4v) is 5.50. The zero-order valence-corrected chi connectivity index (χ0v) is 22.9. The highest BCUT2D eigenvalue weighted by atomic mass is 35.5. The Morgan fingerprint density at radius 1 is 0.946 bits per heavy atom. The first-order valence-electron chi connectivity index (χ1n) is 10.7. The molecule has 37 heavy (non-hydrogen) atoms. The molecule has 13 heteroatoms. The molecule has 0 aliphatic heterocycles. The lowest BCUT2D eigenvalue weighted by atomic mass is 10.2. The van der Waals surface area contributed by atoms with E-state index in [-0.39, 0.29) is 16.3 Å². The highest BCUT2D eigenvalue weighted by Crippen LogP contribution is 2.32. The number of hydrogen-bond acceptors (Lipinski definition) is 7. The van der Waals surface area contributed by atoms with Gasteiger partial charge in [-0.25, -0.2) is 16.8 Å². The Hall–Kier alpha value is -3.48. The standard InChI is InChI=1S/C24H26ClN3O7S2/c1-16-20(25)6-5-7-21(16)27-37(32,33)19-11-8-17(9-12-19)26-24(29)15-28(36(4,30)31)18-10-13-22(34-2)23(14-18)35-3/h5-14,27H,15H2,1-4H3,(H,26,29). The topological polar surface area (TPSA) is 131 Å². The molecular weight excluding hydrogens is 542 g/mol. The van der Waals surface area contributed by atoms with Crippen LogP contribution in [0.1, 0.15) is 5.56 Å². The van der Waals surface area contributed by atoms with Gasteiger partial charge in [0.15, 0.2) is 11.5 Å². The zero-order valence-electron chi connectivity index (χ0n) is 20.5. The molecule has 0 spiro atoms. The Morgan fingerprint density at radius 3 is 2.19 bits per heavy atom. The summed E-state index contributed by atoms with van der Waals surface area (Å²) in [5, 5.41) is 3.00. The van der Waals surface area contributed by atoms with Gasteiger partial charge in [0.2, 0.25) is 15.9 Å². The minimum Gasteiger partial charge on any atom is -0.493 e. The highest BCUT2D eigenvalue weighted by molar-refractivity contribution is 7.92. The van der Waals surface area contributed by atoms with Gasteiger partial charge in [-0.2, -0.15) is 0 Å². The molecule has 1 amide bonds. The number of sulfonamides is 2. The largest absolute Gasteiger partial charge is 0.493 e. The molecule has 3 aromatic carbocycles. The number of nitrogens with one attached hydrogen (secondary N) is 2. The Labute approximate surface area is 221 Å². The third-order valence-electron chi connectivity index (χ3n) is 5.30. The van der Waals surface area contributed by atoms with Gasteiger partial charge in [0.1, 0.15) is 6.54 Å². The molecule has 0 aliphatic carbocycles. The van der Waals surface area contributed by atoms with Crippen molar-refractivity contribution >= 4 is 54.6 Å². The number of benzene rings is 3. The Morgan fingerprint density at radius 2 is 1.59 bits per heavy atom. The summed E-state index contributed by atoms with van der Waals surface area (Å²) in [6, 6.07) is 14.8. The molecule has 198 valence electrons. The van der Waals surface area contributed by atoms with E-state index in [9.17, 15) is 21.6 Å². The number of amides is 1. The summed E-state index contributed by atoms with van der Waals surface area (Å²) < 4.78 is 64.2. The van der Waals surface area contributed by atoms with Crippen LogP contribution in [0.25, 0.3) is 0 Å². The van der Waals surface area contributed by atoms with E-state index in [4.69, 9.17) is 21.1 Å². The summed E-state index contributed by atoms with van der Waals surface area (Å²) >= 11 is 6.06. The van der Waals surface area contributed by atoms with E-state index in [1.54, 1.807) is 25.1 Å². The molecule has 10 nitrogen and oxygen atoms in total. The van der Waals surface area contributed by atoms with Crippen molar-refractivity contribution in [1.29, 1.82) is 0 Å². The zero-order chi connectivity index (χ0) is 27.4. The van der Waals surface area contributed by atoms with Gasteiger partial charge in [0.25, 0.3) is 10.0 Å². The highest BCUT2D eigenvalue weighted by Gasteiger charge is 2.23. The van der Waals surface area contributed by atoms with Gasteiger partial charge < -0.3 is 14.8 Å². The summed E-state index contributed by atoms with van der Waals surface area (Å²) in [6.07, 6.45) is 0.977. The summed E-state index contributed by atoms with van der Waals surface area (Å²) in [7, 11) is -4.89. The molecule has 0 aromatic heterocycles. The van der Waals surface area contributed by atoms with E-state index < -0.39 is 32.5 Å². The van der Waals surface area contributed by atoms with E-state index in [0.29, 0.717) is 27.8 Å². The second kappa shape index (κ2) is 11.3. The number of nitrogens with zero attached hydrogens (tertiary/aromatic N) is 1. The van der Waals surface area contributed by atoms with Crippen molar-refractivity contribution in [2.75, 3.05) is 41.4 Å². The molecule has 3 rings (SSSR count). The van der Waals surface area contributed by atoms with Crippen molar-refractivity contribution in [3.8, 4) is 11.5 Å². The van der Waals surface area contributed by atoms with Crippen molar-refractivity contribution in [3.05, 3.63) is 71.2 Å². The number of rotatable bonds is 10. The molecule has 0 aliphatic rings. The predicted molar refractivity (Wildman–Crippen MR) is 144 cm³/mol. The van der Waals surface area contributed by atoms with Crippen LogP contribution in [0.2, 0.25) is 5.02 Å². The van der Waals surface area contributed by atoms with Crippen LogP contribution in [0.15, 0.2) is 65.6 Å². The van der Waals surface area contributed by atoms with E-state index in [2.05, 4.69) is 10.0 Å². The molecule has 0 unspecified atom stereocenters. The molecule has 0 heterocycles. The van der Waals surface area contributed by atoms with Crippen molar-refractivity contribution < 1.29 is 31.1 Å². The van der Waals surface area contributed by atoms with Gasteiger partial charge in [-0.15, -0.1) is 0 Å². The second-order valence-electron chi connectivity index (χ2n) is 7.90. The van der Waals surface area contributed by atoms with Crippen LogP contribution in [-0.2, 0) is 24.8 Å². The summed E-state index contributed by atoms with van der Waals surface area (Å²) in [5.74, 6) is 0.0649. The average molecular weight is 568 g/mol. The first kappa shape index (κ1) is 28.1. The van der Waals surface area contributed by atoms with Crippen LogP contribution in [-0.4, -0.2) is 49.8 Å². The predicted octanol–water partition coefficient (Wildman–Crippen LogP) is 3.87. The van der Waals surface area contributed by atoms with Gasteiger partial charge in [-0.1, -0.05) is 17.7 Å². The minimum absolute atomic E-state index is 0.0343. The summed E-state index contributed by atoms with van der Waals surface area (Å²) in [5.41, 5.74) is 1.42. The molecule has 0 saturated carbocycles. The maximum atomic E-state index is 12.8. The van der Waals surface area contributed by atoms with E-state index >= 15 is 0 Å². The van der Waals surface area contributed by atoms with Crippen LogP contribution in [0.3, 0.4) is 0 Å². The van der Waals surface area contributed by atoms with Gasteiger partial charge in [0, 0.05) is 16.8 Å². The van der Waals surface area contributed by atoms with Gasteiger partial charge >= 0.3 is 0 Å². The smallest absolute Gasteiger partial charge is 0.261 e. The molecule has 0 fully saturated rings. The maximum absolute atomic E-state index is 12.8. The van der Waals surface area contributed by atoms with E-state index in [1.165, 1.54) is 56.7 Å². The first-order valence-corrected chi connectivity index (χ1v) is 14.4. The van der Waals surface area contributed by atoms with Crippen molar-refractivity contribution in [2.45, 2.75) is 11.8 Å². The molecule has 2 N–H and O–H groups in total. The SMILES string of the molecule is COc1ccc(N(CC(=O)Nc2ccc(S(=O)(=O)Nc3cccc(Cl)c3C)cc2)S(C)(=O)=O)cc1OC. The van der Waals surface area contributed by atoms with Gasteiger partial charge in [-0.3, -0.25) is 13.8 Å².